The molecule has 0 saturated heterocycles. The summed E-state index contributed by atoms with van der Waals surface area (Å²) in [6.07, 6.45) is -2.48. The van der Waals surface area contributed by atoms with Gasteiger partial charge in [0.15, 0.2) is 5.67 Å². The first-order valence-corrected chi connectivity index (χ1v) is 5.56. The molecule has 3 nitrogen and oxygen atoms in total. The van der Waals surface area contributed by atoms with Crippen molar-refractivity contribution in [3.63, 3.8) is 0 Å². The first-order chi connectivity index (χ1) is 8.59. The number of rotatable bonds is 2. The minimum atomic E-state index is -5.42. The molecule has 1 aliphatic carbocycles. The van der Waals surface area contributed by atoms with E-state index in [9.17, 15) is 40.8 Å². The lowest BCUT2D eigenvalue weighted by Crippen LogP contribution is -2.79. The molecule has 0 aliphatic heterocycles. The van der Waals surface area contributed by atoms with Crippen LogP contribution in [-0.2, 0) is 0 Å². The van der Waals surface area contributed by atoms with Crippen LogP contribution in [0.1, 0.15) is 27.2 Å². The van der Waals surface area contributed by atoms with E-state index in [0.717, 1.165) is 13.8 Å². The molecule has 0 aromatic rings. The maximum atomic E-state index is 14.2. The molecule has 1 fully saturated rings. The molecule has 0 N–H and O–H groups in total. The predicted octanol–water partition coefficient (Wildman–Crippen LogP) is 3.70. The Morgan fingerprint density at radius 3 is 1.75 bits per heavy atom. The highest BCUT2D eigenvalue weighted by Gasteiger charge is 2.93. The van der Waals surface area contributed by atoms with Gasteiger partial charge in [0.2, 0.25) is 0 Å². The maximum absolute atomic E-state index is 14.2. The van der Waals surface area contributed by atoms with Gasteiger partial charge in [-0.05, 0) is 12.8 Å². The van der Waals surface area contributed by atoms with E-state index < -0.39 is 53.2 Å². The van der Waals surface area contributed by atoms with Crippen molar-refractivity contribution >= 4 is 0 Å². The van der Waals surface area contributed by atoms with E-state index in [-0.39, 0.29) is 0 Å². The van der Waals surface area contributed by atoms with E-state index in [1.807, 2.05) is 0 Å². The smallest absolute Gasteiger partial charge is 0.261 e. The number of nitrogens with zero attached hydrogens (tertiary/aromatic N) is 1. The Kier molecular flexibility index (Phi) is 3.37. The van der Waals surface area contributed by atoms with Gasteiger partial charge < -0.3 is 0 Å². The Morgan fingerprint density at radius 1 is 1.05 bits per heavy atom. The molecule has 0 spiro atoms. The number of alkyl halides is 7. The van der Waals surface area contributed by atoms with Gasteiger partial charge in [-0.15, -0.1) is 0 Å². The Morgan fingerprint density at radius 2 is 1.45 bits per heavy atom. The summed E-state index contributed by atoms with van der Waals surface area (Å²) in [6.45, 7) is 1.13. The van der Waals surface area contributed by atoms with E-state index in [1.54, 1.807) is 0 Å². The summed E-state index contributed by atoms with van der Waals surface area (Å²) in [4.78, 5) is 7.97. The zero-order chi connectivity index (χ0) is 16.4. The predicted molar refractivity (Wildman–Crippen MR) is 53.5 cm³/mol. The first kappa shape index (κ1) is 17.0. The van der Waals surface area contributed by atoms with Crippen molar-refractivity contribution in [2.24, 2.45) is 5.92 Å². The molecule has 20 heavy (non-hydrogen) atoms. The summed E-state index contributed by atoms with van der Waals surface area (Å²) in [5, 5.41) is 10.4. The fourth-order valence-electron chi connectivity index (χ4n) is 2.36. The highest BCUT2D eigenvalue weighted by Crippen LogP contribution is 2.64. The molecule has 0 bridgehead atoms. The molecule has 118 valence electrons. The number of hydrogen-bond acceptors (Lipinski definition) is 2. The average molecular weight is 311 g/mol. The van der Waals surface area contributed by atoms with Gasteiger partial charge in [-0.2, -0.15) is 22.0 Å². The molecule has 0 aromatic heterocycles. The number of nitro groups is 1. The van der Waals surface area contributed by atoms with Crippen molar-refractivity contribution in [3.05, 3.63) is 10.1 Å². The van der Waals surface area contributed by atoms with Crippen LogP contribution in [0.5, 0.6) is 0 Å². The SMILES string of the molecule is CC(C)C1(F)CC(F)(F)C(F)([N+](=O)[O-])C(C)(F)C1(F)F. The Balaban J connectivity index is 3.67. The van der Waals surface area contributed by atoms with Gasteiger partial charge in [0.25, 0.3) is 5.67 Å². The van der Waals surface area contributed by atoms with Crippen molar-refractivity contribution in [3.8, 4) is 0 Å². The van der Waals surface area contributed by atoms with Gasteiger partial charge in [-0.1, -0.05) is 13.8 Å². The summed E-state index contributed by atoms with van der Waals surface area (Å²) in [6, 6.07) is 0. The summed E-state index contributed by atoms with van der Waals surface area (Å²) in [5.41, 5.74) is -9.14. The van der Waals surface area contributed by atoms with Gasteiger partial charge in [0.1, 0.15) is 0 Å². The van der Waals surface area contributed by atoms with Gasteiger partial charge in [-0.25, -0.2) is 8.78 Å². The van der Waals surface area contributed by atoms with Crippen molar-refractivity contribution < 1.29 is 35.7 Å². The molecular formula is C10H12F7NO2. The summed E-state index contributed by atoms with van der Waals surface area (Å²) < 4.78 is 96.9. The largest absolute Gasteiger partial charge is 0.459 e. The zero-order valence-electron chi connectivity index (χ0n) is 10.7. The minimum absolute atomic E-state index is 0.417. The van der Waals surface area contributed by atoms with Crippen LogP contribution < -0.4 is 0 Å². The second-order valence-electron chi connectivity index (χ2n) is 5.35. The van der Waals surface area contributed by atoms with Gasteiger partial charge in [0.05, 0.1) is 11.3 Å². The van der Waals surface area contributed by atoms with Crippen LogP contribution in [0.2, 0.25) is 0 Å². The van der Waals surface area contributed by atoms with E-state index in [4.69, 9.17) is 0 Å². The van der Waals surface area contributed by atoms with E-state index in [2.05, 4.69) is 0 Å². The van der Waals surface area contributed by atoms with Crippen LogP contribution in [0.4, 0.5) is 30.7 Å². The van der Waals surface area contributed by atoms with Gasteiger partial charge in [0, 0.05) is 0 Å². The standard InChI is InChI=1S/C10H12F7NO2/c1-5(2)7(12)4-8(13,14)10(17,18(19)20)6(3,11)9(7,15)16/h5H,4H2,1-3H3. The van der Waals surface area contributed by atoms with Crippen LogP contribution in [0.3, 0.4) is 0 Å². The molecular weight excluding hydrogens is 299 g/mol. The fraction of sp³-hybridized carbons (Fsp3) is 1.00. The van der Waals surface area contributed by atoms with E-state index in [0.29, 0.717) is 0 Å². The molecule has 1 saturated carbocycles. The topological polar surface area (TPSA) is 43.1 Å². The Bertz CT molecular complexity index is 439. The molecule has 1 rings (SSSR count). The highest BCUT2D eigenvalue weighted by atomic mass is 19.3. The highest BCUT2D eigenvalue weighted by molar-refractivity contribution is 5.21. The van der Waals surface area contributed by atoms with Crippen molar-refractivity contribution in [1.82, 2.24) is 0 Å². The monoisotopic (exact) mass is 311 g/mol. The molecule has 3 atom stereocenters. The lowest BCUT2D eigenvalue weighted by molar-refractivity contribution is -0.674. The average Bonchev–Trinajstić information content (AvgIpc) is 2.24. The van der Waals surface area contributed by atoms with Crippen molar-refractivity contribution in [1.29, 1.82) is 0 Å². The lowest BCUT2D eigenvalue weighted by atomic mass is 9.64. The maximum Gasteiger partial charge on any atom is 0.459 e. The quantitative estimate of drug-likeness (QED) is 0.338. The molecule has 0 aromatic carbocycles. The third-order valence-corrected chi connectivity index (χ3v) is 3.86. The third-order valence-electron chi connectivity index (χ3n) is 3.86. The lowest BCUT2D eigenvalue weighted by Gasteiger charge is -2.51. The molecule has 3 unspecified atom stereocenters. The second-order valence-corrected chi connectivity index (χ2v) is 5.35. The molecule has 0 radical (unpaired) electrons. The van der Waals surface area contributed by atoms with Gasteiger partial charge >= 0.3 is 17.6 Å². The van der Waals surface area contributed by atoms with Crippen LogP contribution in [0.25, 0.3) is 0 Å². The minimum Gasteiger partial charge on any atom is -0.261 e. The van der Waals surface area contributed by atoms with Crippen LogP contribution >= 0.6 is 0 Å². The van der Waals surface area contributed by atoms with Gasteiger partial charge in [-0.3, -0.25) is 10.1 Å². The first-order valence-electron chi connectivity index (χ1n) is 5.56. The van der Waals surface area contributed by atoms with E-state index in [1.165, 1.54) is 0 Å². The van der Waals surface area contributed by atoms with Crippen molar-refractivity contribution in [2.45, 2.75) is 56.2 Å². The second kappa shape index (κ2) is 3.97. The zero-order valence-corrected chi connectivity index (χ0v) is 10.7. The summed E-state index contributed by atoms with van der Waals surface area (Å²) in [7, 11) is 0. The third kappa shape index (κ3) is 1.53. The van der Waals surface area contributed by atoms with Crippen LogP contribution in [-0.4, -0.2) is 33.9 Å². The molecule has 0 amide bonds. The Labute approximate surface area is 109 Å². The Hall–Kier alpha value is -1.09. The van der Waals surface area contributed by atoms with Crippen molar-refractivity contribution in [2.75, 3.05) is 0 Å². The summed E-state index contributed by atoms with van der Waals surface area (Å²) in [5.74, 6) is -17.8. The molecule has 10 heteroatoms. The van der Waals surface area contributed by atoms with Crippen LogP contribution in [0, 0.1) is 16.0 Å². The normalized spacial score (nSPS) is 43.5. The molecule has 0 heterocycles. The molecule has 1 aliphatic rings. The number of hydrogen-bond donors (Lipinski definition) is 0. The summed E-state index contributed by atoms with van der Waals surface area (Å²) >= 11 is 0. The fourth-order valence-corrected chi connectivity index (χ4v) is 2.36. The van der Waals surface area contributed by atoms with E-state index >= 15 is 0 Å². The number of halogens is 7. The van der Waals surface area contributed by atoms with Crippen LogP contribution in [0.15, 0.2) is 0 Å².